The third-order valence-electron chi connectivity index (χ3n) is 3.59. The van der Waals surface area contributed by atoms with Gasteiger partial charge in [-0.05, 0) is 18.6 Å². The molecule has 1 aliphatic heterocycles. The molecule has 1 heterocycles. The lowest BCUT2D eigenvalue weighted by Gasteiger charge is -2.25. The number of fused-ring (bicyclic) bond motifs is 1. The van der Waals surface area contributed by atoms with Gasteiger partial charge in [0.1, 0.15) is 6.04 Å². The number of nitrogens with zero attached hydrogens (tertiary/aromatic N) is 1. The SMILES string of the molecule is CCN1c2c(cc(OC)c(OC)c2OC)CC1C(=O)O. The number of benzene rings is 1. The second kappa shape index (κ2) is 5.48. The van der Waals surface area contributed by atoms with E-state index in [0.717, 1.165) is 11.3 Å². The second-order valence-corrected chi connectivity index (χ2v) is 4.50. The van der Waals surface area contributed by atoms with Crippen LogP contribution in [0.4, 0.5) is 5.69 Å². The molecule has 0 aromatic heterocycles. The van der Waals surface area contributed by atoms with Crippen molar-refractivity contribution in [2.24, 2.45) is 0 Å². The van der Waals surface area contributed by atoms with Crippen molar-refractivity contribution in [1.29, 1.82) is 0 Å². The molecule has 0 fully saturated rings. The molecule has 6 heteroatoms. The molecule has 0 saturated carbocycles. The number of rotatable bonds is 5. The van der Waals surface area contributed by atoms with Crippen LogP contribution in [-0.4, -0.2) is 45.0 Å². The van der Waals surface area contributed by atoms with Crippen LogP contribution in [0.5, 0.6) is 17.2 Å². The molecule has 0 radical (unpaired) electrons. The minimum absolute atomic E-state index is 0.426. The van der Waals surface area contributed by atoms with E-state index in [1.807, 2.05) is 17.9 Å². The van der Waals surface area contributed by atoms with Crippen LogP contribution in [0.2, 0.25) is 0 Å². The topological polar surface area (TPSA) is 68.2 Å². The first-order chi connectivity index (χ1) is 9.58. The van der Waals surface area contributed by atoms with Crippen LogP contribution in [0.25, 0.3) is 0 Å². The monoisotopic (exact) mass is 281 g/mol. The first-order valence-corrected chi connectivity index (χ1v) is 6.40. The summed E-state index contributed by atoms with van der Waals surface area (Å²) in [6.07, 6.45) is 0.426. The van der Waals surface area contributed by atoms with Gasteiger partial charge in [-0.15, -0.1) is 0 Å². The zero-order valence-electron chi connectivity index (χ0n) is 12.1. The highest BCUT2D eigenvalue weighted by molar-refractivity contribution is 5.86. The lowest BCUT2D eigenvalue weighted by molar-refractivity contribution is -0.138. The summed E-state index contributed by atoms with van der Waals surface area (Å²) in [6, 6.07) is 1.24. The van der Waals surface area contributed by atoms with Crippen molar-refractivity contribution in [1.82, 2.24) is 0 Å². The molecular weight excluding hydrogens is 262 g/mol. The zero-order valence-corrected chi connectivity index (χ0v) is 12.1. The number of carboxylic acids is 1. The highest BCUT2D eigenvalue weighted by Gasteiger charge is 2.38. The molecule has 1 aromatic carbocycles. The molecule has 1 atom stereocenters. The second-order valence-electron chi connectivity index (χ2n) is 4.50. The van der Waals surface area contributed by atoms with Gasteiger partial charge in [-0.1, -0.05) is 0 Å². The lowest BCUT2D eigenvalue weighted by atomic mass is 10.1. The summed E-state index contributed by atoms with van der Waals surface area (Å²) >= 11 is 0. The smallest absolute Gasteiger partial charge is 0.326 e. The van der Waals surface area contributed by atoms with E-state index in [1.54, 1.807) is 14.2 Å². The van der Waals surface area contributed by atoms with Crippen molar-refractivity contribution < 1.29 is 24.1 Å². The van der Waals surface area contributed by atoms with Crippen LogP contribution < -0.4 is 19.1 Å². The molecule has 1 aromatic rings. The maximum absolute atomic E-state index is 11.4. The molecule has 0 bridgehead atoms. The zero-order chi connectivity index (χ0) is 14.9. The van der Waals surface area contributed by atoms with Crippen LogP contribution >= 0.6 is 0 Å². The van der Waals surface area contributed by atoms with Gasteiger partial charge >= 0.3 is 5.97 Å². The van der Waals surface area contributed by atoms with E-state index in [1.165, 1.54) is 7.11 Å². The van der Waals surface area contributed by atoms with Crippen LogP contribution in [0.3, 0.4) is 0 Å². The van der Waals surface area contributed by atoms with Gasteiger partial charge in [-0.2, -0.15) is 0 Å². The highest BCUT2D eigenvalue weighted by Crippen LogP contribution is 2.50. The number of methoxy groups -OCH3 is 3. The minimum Gasteiger partial charge on any atom is -0.493 e. The van der Waals surface area contributed by atoms with Crippen LogP contribution in [0, 0.1) is 0 Å². The van der Waals surface area contributed by atoms with E-state index in [4.69, 9.17) is 14.2 Å². The quantitative estimate of drug-likeness (QED) is 0.883. The third kappa shape index (κ3) is 2.01. The van der Waals surface area contributed by atoms with Gasteiger partial charge in [0.25, 0.3) is 0 Å². The Bertz CT molecular complexity index is 529. The summed E-state index contributed by atoms with van der Waals surface area (Å²) in [5.74, 6) is 0.707. The molecule has 1 N–H and O–H groups in total. The van der Waals surface area contributed by atoms with E-state index < -0.39 is 12.0 Å². The summed E-state index contributed by atoms with van der Waals surface area (Å²) in [4.78, 5) is 13.2. The number of hydrogen-bond donors (Lipinski definition) is 1. The highest BCUT2D eigenvalue weighted by atomic mass is 16.5. The van der Waals surface area contributed by atoms with Crippen molar-refractivity contribution in [3.63, 3.8) is 0 Å². The predicted octanol–water partition coefficient (Wildman–Crippen LogP) is 1.55. The fraction of sp³-hybridized carbons (Fsp3) is 0.500. The van der Waals surface area contributed by atoms with Crippen molar-refractivity contribution >= 4 is 11.7 Å². The van der Waals surface area contributed by atoms with E-state index >= 15 is 0 Å². The maximum Gasteiger partial charge on any atom is 0.326 e. The number of carbonyl (C=O) groups is 1. The lowest BCUT2D eigenvalue weighted by Crippen LogP contribution is -2.38. The Morgan fingerprint density at radius 2 is 1.95 bits per heavy atom. The summed E-state index contributed by atoms with van der Waals surface area (Å²) in [7, 11) is 4.62. The van der Waals surface area contributed by atoms with Crippen LogP contribution in [0.15, 0.2) is 6.07 Å². The van der Waals surface area contributed by atoms with Crippen molar-refractivity contribution in [2.45, 2.75) is 19.4 Å². The summed E-state index contributed by atoms with van der Waals surface area (Å²) in [5, 5.41) is 9.36. The Hall–Kier alpha value is -2.11. The first-order valence-electron chi connectivity index (χ1n) is 6.40. The van der Waals surface area contributed by atoms with E-state index in [2.05, 4.69) is 0 Å². The molecule has 6 nitrogen and oxygen atoms in total. The number of carboxylic acid groups (broad SMARTS) is 1. The fourth-order valence-corrected chi connectivity index (χ4v) is 2.74. The van der Waals surface area contributed by atoms with Crippen molar-refractivity contribution in [3.8, 4) is 17.2 Å². The van der Waals surface area contributed by atoms with Gasteiger partial charge < -0.3 is 24.2 Å². The molecule has 0 amide bonds. The van der Waals surface area contributed by atoms with Crippen molar-refractivity contribution in [2.75, 3.05) is 32.8 Å². The maximum atomic E-state index is 11.4. The summed E-state index contributed by atoms with van der Waals surface area (Å²) in [5.41, 5.74) is 1.67. The first kappa shape index (κ1) is 14.3. The standard InChI is InChI=1S/C14H19NO5/c1-5-15-9(14(16)17)6-8-7-10(18-2)12(19-3)13(20-4)11(8)15/h7,9H,5-6H2,1-4H3,(H,16,17). The predicted molar refractivity (Wildman–Crippen MR) is 74.2 cm³/mol. The Balaban J connectivity index is 2.64. The Kier molecular flexibility index (Phi) is 3.92. The van der Waals surface area contributed by atoms with Gasteiger partial charge in [0, 0.05) is 13.0 Å². The summed E-state index contributed by atoms with van der Waals surface area (Å²) in [6.45, 7) is 2.50. The van der Waals surface area contributed by atoms with Crippen molar-refractivity contribution in [3.05, 3.63) is 11.6 Å². The average molecular weight is 281 g/mol. The van der Waals surface area contributed by atoms with Crippen LogP contribution in [0.1, 0.15) is 12.5 Å². The van der Waals surface area contributed by atoms with E-state index in [-0.39, 0.29) is 0 Å². The number of anilines is 1. The van der Waals surface area contributed by atoms with Gasteiger partial charge in [0.05, 0.1) is 27.0 Å². The minimum atomic E-state index is -0.844. The number of ether oxygens (including phenoxy) is 3. The number of aliphatic carboxylic acids is 1. The third-order valence-corrected chi connectivity index (χ3v) is 3.59. The summed E-state index contributed by atoms with van der Waals surface area (Å²) < 4.78 is 16.1. The largest absolute Gasteiger partial charge is 0.493 e. The Morgan fingerprint density at radius 1 is 1.30 bits per heavy atom. The average Bonchev–Trinajstić information content (AvgIpc) is 2.83. The van der Waals surface area contributed by atoms with Crippen LogP contribution in [-0.2, 0) is 11.2 Å². The molecule has 0 spiro atoms. The Labute approximate surface area is 117 Å². The van der Waals surface area contributed by atoms with E-state index in [9.17, 15) is 9.90 Å². The van der Waals surface area contributed by atoms with Gasteiger partial charge in [0.15, 0.2) is 11.5 Å². The van der Waals surface area contributed by atoms with E-state index in [0.29, 0.717) is 30.2 Å². The number of likely N-dealkylation sites (N-methyl/N-ethyl adjacent to an activating group) is 1. The van der Waals surface area contributed by atoms with Gasteiger partial charge in [0.2, 0.25) is 5.75 Å². The normalized spacial score (nSPS) is 16.8. The molecule has 1 aliphatic rings. The van der Waals surface area contributed by atoms with Gasteiger partial charge in [-0.25, -0.2) is 4.79 Å². The molecule has 2 rings (SSSR count). The molecule has 1 unspecified atom stereocenters. The molecular formula is C14H19NO5. The molecule has 0 aliphatic carbocycles. The fourth-order valence-electron chi connectivity index (χ4n) is 2.74. The molecule has 0 saturated heterocycles. The van der Waals surface area contributed by atoms with Gasteiger partial charge in [-0.3, -0.25) is 0 Å². The molecule has 20 heavy (non-hydrogen) atoms. The number of hydrogen-bond acceptors (Lipinski definition) is 5. The molecule has 110 valence electrons. The Morgan fingerprint density at radius 3 is 2.40 bits per heavy atom.